The van der Waals surface area contributed by atoms with Gasteiger partial charge in [0.05, 0.1) is 12.7 Å². The largest absolute Gasteiger partial charge is 0.481 e. The molecule has 1 heterocycles. The molecule has 1 aromatic carbocycles. The van der Waals surface area contributed by atoms with Crippen molar-refractivity contribution in [3.8, 4) is 5.88 Å². The minimum absolute atomic E-state index is 0.0318. The van der Waals surface area contributed by atoms with Crippen LogP contribution in [-0.4, -0.2) is 12.1 Å². The lowest BCUT2D eigenvalue weighted by Gasteiger charge is -2.14. The Morgan fingerprint density at radius 2 is 1.60 bits per heavy atom. The van der Waals surface area contributed by atoms with E-state index in [1.807, 2.05) is 13.0 Å². The van der Waals surface area contributed by atoms with Gasteiger partial charge >= 0.3 is 6.18 Å². The second kappa shape index (κ2) is 5.53. The van der Waals surface area contributed by atoms with Gasteiger partial charge in [0, 0.05) is 18.2 Å². The Labute approximate surface area is 115 Å². The highest BCUT2D eigenvalue weighted by Crippen LogP contribution is 2.31. The Bertz CT molecular complexity index is 561. The minimum atomic E-state index is -4.30. The Hall–Kier alpha value is -2.04. The van der Waals surface area contributed by atoms with Crippen molar-refractivity contribution in [1.82, 2.24) is 4.98 Å². The van der Waals surface area contributed by atoms with E-state index >= 15 is 0 Å². The number of aromatic nitrogens is 1. The third-order valence-electron chi connectivity index (χ3n) is 3.21. The Kier molecular flexibility index (Phi) is 3.97. The fraction of sp³-hybridized carbons (Fsp3) is 0.267. The summed E-state index contributed by atoms with van der Waals surface area (Å²) in [7, 11) is 1.53. The van der Waals surface area contributed by atoms with E-state index in [2.05, 4.69) is 4.98 Å². The molecule has 0 aliphatic carbocycles. The number of hydrogen-bond acceptors (Lipinski definition) is 2. The summed E-state index contributed by atoms with van der Waals surface area (Å²) in [5.41, 5.74) is 1.09. The van der Waals surface area contributed by atoms with Crippen LogP contribution in [0.2, 0.25) is 0 Å². The first-order valence-corrected chi connectivity index (χ1v) is 6.09. The number of ether oxygens (including phenoxy) is 1. The second-order valence-corrected chi connectivity index (χ2v) is 4.48. The van der Waals surface area contributed by atoms with Crippen molar-refractivity contribution < 1.29 is 17.9 Å². The minimum Gasteiger partial charge on any atom is -0.481 e. The fourth-order valence-corrected chi connectivity index (χ4v) is 1.92. The van der Waals surface area contributed by atoms with E-state index < -0.39 is 11.7 Å². The molecular weight excluding hydrogens is 267 g/mol. The van der Waals surface area contributed by atoms with Gasteiger partial charge in [0.15, 0.2) is 0 Å². The van der Waals surface area contributed by atoms with E-state index in [9.17, 15) is 13.2 Å². The average Bonchev–Trinajstić information content (AvgIpc) is 2.46. The summed E-state index contributed by atoms with van der Waals surface area (Å²) in [6, 6.07) is 8.78. The van der Waals surface area contributed by atoms with Crippen molar-refractivity contribution >= 4 is 0 Å². The standard InChI is InChI=1S/C15H14F3NO/c1-10(12-5-8-14(20-2)19-9-12)11-3-6-13(7-4-11)15(16,17)18/h3-10H,1-2H3. The van der Waals surface area contributed by atoms with Crippen molar-refractivity contribution in [3.05, 3.63) is 59.3 Å². The molecule has 0 fully saturated rings. The van der Waals surface area contributed by atoms with Crippen LogP contribution in [0.15, 0.2) is 42.6 Å². The SMILES string of the molecule is COc1ccc(C(C)c2ccc(C(F)(F)F)cc2)cn1. The van der Waals surface area contributed by atoms with Gasteiger partial charge in [0.2, 0.25) is 5.88 Å². The molecule has 2 aromatic rings. The van der Waals surface area contributed by atoms with Crippen molar-refractivity contribution in [2.45, 2.75) is 19.0 Å². The summed E-state index contributed by atoms with van der Waals surface area (Å²) in [5.74, 6) is 0.476. The van der Waals surface area contributed by atoms with E-state index in [-0.39, 0.29) is 5.92 Å². The Balaban J connectivity index is 2.22. The molecule has 1 aromatic heterocycles. The topological polar surface area (TPSA) is 22.1 Å². The highest BCUT2D eigenvalue weighted by Gasteiger charge is 2.30. The molecule has 2 nitrogen and oxygen atoms in total. The van der Waals surface area contributed by atoms with E-state index in [1.165, 1.54) is 19.2 Å². The number of benzene rings is 1. The van der Waals surface area contributed by atoms with E-state index in [4.69, 9.17) is 4.74 Å². The van der Waals surface area contributed by atoms with Crippen LogP contribution < -0.4 is 4.74 Å². The number of methoxy groups -OCH3 is 1. The van der Waals surface area contributed by atoms with E-state index in [1.54, 1.807) is 12.3 Å². The van der Waals surface area contributed by atoms with Crippen LogP contribution in [0.5, 0.6) is 5.88 Å². The highest BCUT2D eigenvalue weighted by molar-refractivity contribution is 5.34. The molecule has 0 radical (unpaired) electrons. The summed E-state index contributed by atoms with van der Waals surface area (Å²) in [5, 5.41) is 0. The van der Waals surface area contributed by atoms with Gasteiger partial charge in [-0.3, -0.25) is 0 Å². The third-order valence-corrected chi connectivity index (χ3v) is 3.21. The molecule has 1 unspecified atom stereocenters. The zero-order valence-electron chi connectivity index (χ0n) is 11.1. The molecular formula is C15H14F3NO. The predicted molar refractivity (Wildman–Crippen MR) is 69.8 cm³/mol. The molecule has 0 saturated carbocycles. The van der Waals surface area contributed by atoms with Gasteiger partial charge in [-0.15, -0.1) is 0 Å². The number of pyridine rings is 1. The van der Waals surface area contributed by atoms with Crippen molar-refractivity contribution in [1.29, 1.82) is 0 Å². The highest BCUT2D eigenvalue weighted by atomic mass is 19.4. The maximum absolute atomic E-state index is 12.5. The predicted octanol–water partition coefficient (Wildman–Crippen LogP) is 4.26. The van der Waals surface area contributed by atoms with Gasteiger partial charge in [0.1, 0.15) is 0 Å². The molecule has 106 valence electrons. The van der Waals surface area contributed by atoms with Crippen LogP contribution in [0.3, 0.4) is 0 Å². The lowest BCUT2D eigenvalue weighted by molar-refractivity contribution is -0.137. The summed E-state index contributed by atoms with van der Waals surface area (Å²) in [6.45, 7) is 1.92. The molecule has 0 amide bonds. The Morgan fingerprint density at radius 3 is 2.05 bits per heavy atom. The summed E-state index contributed by atoms with van der Waals surface area (Å²) >= 11 is 0. The third kappa shape index (κ3) is 3.10. The van der Waals surface area contributed by atoms with Gasteiger partial charge in [-0.2, -0.15) is 13.2 Å². The maximum Gasteiger partial charge on any atom is 0.416 e. The maximum atomic E-state index is 12.5. The molecule has 5 heteroatoms. The van der Waals surface area contributed by atoms with Crippen molar-refractivity contribution in [2.24, 2.45) is 0 Å². The zero-order valence-corrected chi connectivity index (χ0v) is 11.1. The normalized spacial score (nSPS) is 13.1. The monoisotopic (exact) mass is 281 g/mol. The molecule has 1 atom stereocenters. The van der Waals surface area contributed by atoms with Crippen LogP contribution in [-0.2, 0) is 6.18 Å². The van der Waals surface area contributed by atoms with Crippen molar-refractivity contribution in [2.75, 3.05) is 7.11 Å². The average molecular weight is 281 g/mol. The lowest BCUT2D eigenvalue weighted by atomic mass is 9.94. The first kappa shape index (κ1) is 14.4. The summed E-state index contributed by atoms with van der Waals surface area (Å²) in [6.07, 6.45) is -2.63. The first-order chi connectivity index (χ1) is 9.41. The molecule has 0 spiro atoms. The molecule has 0 bridgehead atoms. The van der Waals surface area contributed by atoms with Gasteiger partial charge in [-0.1, -0.05) is 25.1 Å². The van der Waals surface area contributed by atoms with Crippen LogP contribution >= 0.6 is 0 Å². The molecule has 2 rings (SSSR count). The summed E-state index contributed by atoms with van der Waals surface area (Å²) < 4.78 is 42.5. The molecule has 0 aliphatic rings. The molecule has 0 saturated heterocycles. The molecule has 0 N–H and O–H groups in total. The van der Waals surface area contributed by atoms with Gasteiger partial charge in [-0.05, 0) is 23.3 Å². The molecule has 0 aliphatic heterocycles. The van der Waals surface area contributed by atoms with E-state index in [0.717, 1.165) is 23.3 Å². The van der Waals surface area contributed by atoms with Crippen LogP contribution in [0, 0.1) is 0 Å². The van der Waals surface area contributed by atoms with Crippen LogP contribution in [0.4, 0.5) is 13.2 Å². The number of rotatable bonds is 3. The van der Waals surface area contributed by atoms with Gasteiger partial charge < -0.3 is 4.74 Å². The number of alkyl halides is 3. The summed E-state index contributed by atoms with van der Waals surface area (Å²) in [4.78, 5) is 4.10. The zero-order chi connectivity index (χ0) is 14.8. The number of nitrogens with zero attached hydrogens (tertiary/aromatic N) is 1. The van der Waals surface area contributed by atoms with Crippen LogP contribution in [0.1, 0.15) is 29.5 Å². The Morgan fingerprint density at radius 1 is 1.00 bits per heavy atom. The van der Waals surface area contributed by atoms with Crippen LogP contribution in [0.25, 0.3) is 0 Å². The van der Waals surface area contributed by atoms with Gasteiger partial charge in [-0.25, -0.2) is 4.98 Å². The smallest absolute Gasteiger partial charge is 0.416 e. The fourth-order valence-electron chi connectivity index (χ4n) is 1.92. The quantitative estimate of drug-likeness (QED) is 0.838. The number of halogens is 3. The van der Waals surface area contributed by atoms with Gasteiger partial charge in [0.25, 0.3) is 0 Å². The van der Waals surface area contributed by atoms with Crippen molar-refractivity contribution in [3.63, 3.8) is 0 Å². The first-order valence-electron chi connectivity index (χ1n) is 6.09. The van der Waals surface area contributed by atoms with E-state index in [0.29, 0.717) is 5.88 Å². The lowest BCUT2D eigenvalue weighted by Crippen LogP contribution is -2.05. The number of hydrogen-bond donors (Lipinski definition) is 0. The second-order valence-electron chi connectivity index (χ2n) is 4.48. The molecule has 20 heavy (non-hydrogen) atoms.